The van der Waals surface area contributed by atoms with Gasteiger partial charge in [-0.15, -0.1) is 0 Å². The Morgan fingerprint density at radius 1 is 1.15 bits per heavy atom. The van der Waals surface area contributed by atoms with Crippen molar-refractivity contribution in [1.29, 1.82) is 0 Å². The van der Waals surface area contributed by atoms with E-state index >= 15 is 0 Å². The monoisotopic (exact) mass is 358 g/mol. The summed E-state index contributed by atoms with van der Waals surface area (Å²) >= 11 is 0. The van der Waals surface area contributed by atoms with Crippen LogP contribution in [0.4, 0.5) is 9.18 Å². The molecule has 2 N–H and O–H groups in total. The highest BCUT2D eigenvalue weighted by Crippen LogP contribution is 2.29. The molecule has 1 saturated heterocycles. The second kappa shape index (κ2) is 6.67. The number of carboxylic acids is 1. The van der Waals surface area contributed by atoms with Crippen molar-refractivity contribution in [2.75, 3.05) is 0 Å². The molecular formula is C19H19FN2O4. The summed E-state index contributed by atoms with van der Waals surface area (Å²) in [6.07, 6.45) is 0. The van der Waals surface area contributed by atoms with Gasteiger partial charge in [-0.25, -0.2) is 14.0 Å². The van der Waals surface area contributed by atoms with Crippen molar-refractivity contribution in [2.45, 2.75) is 32.0 Å². The van der Waals surface area contributed by atoms with Crippen molar-refractivity contribution in [2.24, 2.45) is 0 Å². The van der Waals surface area contributed by atoms with E-state index in [1.165, 1.54) is 29.2 Å². The van der Waals surface area contributed by atoms with Crippen molar-refractivity contribution < 1.29 is 23.8 Å². The number of aliphatic carboxylic acids is 1. The van der Waals surface area contributed by atoms with Gasteiger partial charge < -0.3 is 20.1 Å². The number of urea groups is 1. The zero-order valence-corrected chi connectivity index (χ0v) is 14.4. The number of rotatable bonds is 5. The lowest BCUT2D eigenvalue weighted by atomic mass is 9.94. The van der Waals surface area contributed by atoms with E-state index in [0.717, 1.165) is 5.56 Å². The van der Waals surface area contributed by atoms with Crippen molar-refractivity contribution in [3.8, 4) is 11.5 Å². The Bertz CT molecular complexity index is 818. The van der Waals surface area contributed by atoms with Gasteiger partial charge in [0.15, 0.2) is 6.04 Å². The van der Waals surface area contributed by atoms with Gasteiger partial charge in [-0.05, 0) is 55.8 Å². The minimum absolute atomic E-state index is 0.277. The first-order chi connectivity index (χ1) is 12.3. The van der Waals surface area contributed by atoms with Crippen LogP contribution in [0, 0.1) is 5.82 Å². The fourth-order valence-electron chi connectivity index (χ4n) is 2.92. The Labute approximate surface area is 150 Å². The minimum atomic E-state index is -1.06. The fraction of sp³-hybridized carbons (Fsp3) is 0.263. The first-order valence-corrected chi connectivity index (χ1v) is 8.10. The van der Waals surface area contributed by atoms with Crippen LogP contribution in [0.15, 0.2) is 48.5 Å². The van der Waals surface area contributed by atoms with Crippen molar-refractivity contribution in [3.05, 3.63) is 59.9 Å². The van der Waals surface area contributed by atoms with Gasteiger partial charge in [-0.2, -0.15) is 0 Å². The second-order valence-electron chi connectivity index (χ2n) is 6.66. The molecule has 7 heteroatoms. The maximum Gasteiger partial charge on any atom is 0.328 e. The number of benzene rings is 2. The van der Waals surface area contributed by atoms with Crippen LogP contribution in [0.1, 0.15) is 19.4 Å². The van der Waals surface area contributed by atoms with E-state index in [1.54, 1.807) is 38.1 Å². The molecule has 1 aliphatic heterocycles. The molecule has 2 aromatic carbocycles. The number of carbonyl (C=O) groups excluding carboxylic acids is 1. The third-order valence-corrected chi connectivity index (χ3v) is 4.48. The Kier molecular flexibility index (Phi) is 4.54. The van der Waals surface area contributed by atoms with E-state index in [0.29, 0.717) is 11.5 Å². The van der Waals surface area contributed by atoms with Crippen LogP contribution < -0.4 is 10.1 Å². The third kappa shape index (κ3) is 3.46. The molecule has 3 rings (SSSR count). The summed E-state index contributed by atoms with van der Waals surface area (Å²) in [4.78, 5) is 25.0. The lowest BCUT2D eigenvalue weighted by molar-refractivity contribution is -0.141. The molecule has 0 aromatic heterocycles. The van der Waals surface area contributed by atoms with Crippen LogP contribution in [-0.4, -0.2) is 33.6 Å². The highest BCUT2D eigenvalue weighted by atomic mass is 19.1. The predicted octanol–water partition coefficient (Wildman–Crippen LogP) is 3.38. The molecule has 26 heavy (non-hydrogen) atoms. The summed E-state index contributed by atoms with van der Waals surface area (Å²) in [7, 11) is 0. The molecule has 0 radical (unpaired) electrons. The van der Waals surface area contributed by atoms with E-state index in [4.69, 9.17) is 4.74 Å². The summed E-state index contributed by atoms with van der Waals surface area (Å²) in [5, 5.41) is 11.8. The van der Waals surface area contributed by atoms with Gasteiger partial charge in [0, 0.05) is 6.54 Å². The van der Waals surface area contributed by atoms with Crippen molar-refractivity contribution in [3.63, 3.8) is 0 Å². The fourth-order valence-corrected chi connectivity index (χ4v) is 2.92. The van der Waals surface area contributed by atoms with Crippen LogP contribution in [-0.2, 0) is 11.3 Å². The van der Waals surface area contributed by atoms with Crippen LogP contribution in [0.2, 0.25) is 0 Å². The van der Waals surface area contributed by atoms with Gasteiger partial charge in [-0.1, -0.05) is 12.1 Å². The van der Waals surface area contributed by atoms with Crippen LogP contribution in [0.25, 0.3) is 0 Å². The van der Waals surface area contributed by atoms with Gasteiger partial charge >= 0.3 is 12.0 Å². The molecule has 0 unspecified atom stereocenters. The molecule has 0 bridgehead atoms. The van der Waals surface area contributed by atoms with E-state index < -0.39 is 23.6 Å². The summed E-state index contributed by atoms with van der Waals surface area (Å²) in [6.45, 7) is 3.71. The smallest absolute Gasteiger partial charge is 0.328 e. The Hall–Kier alpha value is -3.09. The molecule has 1 aliphatic rings. The summed E-state index contributed by atoms with van der Waals surface area (Å²) in [5.74, 6) is -0.301. The highest BCUT2D eigenvalue weighted by Gasteiger charge is 2.49. The predicted molar refractivity (Wildman–Crippen MR) is 92.5 cm³/mol. The lowest BCUT2D eigenvalue weighted by Gasteiger charge is -2.32. The van der Waals surface area contributed by atoms with Gasteiger partial charge in [0.1, 0.15) is 17.3 Å². The number of hydrogen-bond acceptors (Lipinski definition) is 3. The average molecular weight is 358 g/mol. The standard InChI is InChI=1S/C19H19FN2O4/c1-19(2)16(17(23)24)21-18(25)22(19)11-12-3-7-14(8-4-12)26-15-9-5-13(20)6-10-15/h3-10,16H,11H2,1-2H3,(H,21,25)(H,23,24)/t16-/m0/s1. The number of nitrogens with zero attached hydrogens (tertiary/aromatic N) is 1. The average Bonchev–Trinajstić information content (AvgIpc) is 2.82. The zero-order chi connectivity index (χ0) is 18.9. The maximum absolute atomic E-state index is 12.9. The van der Waals surface area contributed by atoms with E-state index in [-0.39, 0.29) is 12.4 Å². The number of carboxylic acid groups (broad SMARTS) is 1. The Balaban J connectivity index is 1.70. The van der Waals surface area contributed by atoms with Gasteiger partial charge in [-0.3, -0.25) is 0 Å². The van der Waals surface area contributed by atoms with E-state index in [2.05, 4.69) is 5.32 Å². The highest BCUT2D eigenvalue weighted by molar-refractivity contribution is 5.88. The molecular weight excluding hydrogens is 339 g/mol. The first-order valence-electron chi connectivity index (χ1n) is 8.10. The summed E-state index contributed by atoms with van der Waals surface area (Å²) in [6, 6.07) is 11.4. The molecule has 6 nitrogen and oxygen atoms in total. The largest absolute Gasteiger partial charge is 0.480 e. The van der Waals surface area contributed by atoms with Crippen molar-refractivity contribution >= 4 is 12.0 Å². The Morgan fingerprint density at radius 3 is 2.19 bits per heavy atom. The summed E-state index contributed by atoms with van der Waals surface area (Å²) < 4.78 is 18.5. The molecule has 1 fully saturated rings. The molecule has 2 amide bonds. The third-order valence-electron chi connectivity index (χ3n) is 4.48. The van der Waals surface area contributed by atoms with E-state index in [9.17, 15) is 19.1 Å². The maximum atomic E-state index is 12.9. The second-order valence-corrected chi connectivity index (χ2v) is 6.66. The topological polar surface area (TPSA) is 78.9 Å². The van der Waals surface area contributed by atoms with Gasteiger partial charge in [0.05, 0.1) is 5.54 Å². The molecule has 1 heterocycles. The molecule has 0 aliphatic carbocycles. The molecule has 1 atom stereocenters. The van der Waals surface area contributed by atoms with Crippen LogP contribution >= 0.6 is 0 Å². The normalized spacial score (nSPS) is 18.5. The number of ether oxygens (including phenoxy) is 1. The molecule has 0 spiro atoms. The van der Waals surface area contributed by atoms with Gasteiger partial charge in [0.2, 0.25) is 0 Å². The molecule has 136 valence electrons. The lowest BCUT2D eigenvalue weighted by Crippen LogP contribution is -2.49. The molecule has 0 saturated carbocycles. The van der Waals surface area contributed by atoms with E-state index in [1.807, 2.05) is 0 Å². The number of amides is 2. The van der Waals surface area contributed by atoms with Gasteiger partial charge in [0.25, 0.3) is 0 Å². The Morgan fingerprint density at radius 2 is 1.69 bits per heavy atom. The quantitative estimate of drug-likeness (QED) is 0.859. The summed E-state index contributed by atoms with van der Waals surface area (Å²) in [5.41, 5.74) is -0.0163. The number of hydrogen-bond donors (Lipinski definition) is 2. The SMILES string of the molecule is CC1(C)[C@H](C(=O)O)NC(=O)N1Cc1ccc(Oc2ccc(F)cc2)cc1. The minimum Gasteiger partial charge on any atom is -0.480 e. The van der Waals surface area contributed by atoms with Crippen molar-refractivity contribution in [1.82, 2.24) is 10.2 Å². The number of halogens is 1. The first kappa shape index (κ1) is 17.7. The number of nitrogens with one attached hydrogen (secondary N) is 1. The van der Waals surface area contributed by atoms with Crippen LogP contribution in [0.5, 0.6) is 11.5 Å². The zero-order valence-electron chi connectivity index (χ0n) is 14.4. The molecule has 2 aromatic rings. The van der Waals surface area contributed by atoms with Crippen LogP contribution in [0.3, 0.4) is 0 Å². The number of carbonyl (C=O) groups is 2.